The molecule has 32 heavy (non-hydrogen) atoms. The Bertz CT molecular complexity index is 1340. The van der Waals surface area contributed by atoms with Crippen molar-refractivity contribution in [3.05, 3.63) is 84.7 Å². The fourth-order valence-corrected chi connectivity index (χ4v) is 4.60. The van der Waals surface area contributed by atoms with Crippen molar-refractivity contribution < 1.29 is 13.2 Å². The molecule has 1 heterocycles. The summed E-state index contributed by atoms with van der Waals surface area (Å²) in [4.78, 5) is 17.1. The first-order chi connectivity index (χ1) is 15.4. The number of rotatable bonds is 7. The molecule has 8 heteroatoms. The number of aromatic nitrogens is 2. The molecule has 7 nitrogen and oxygen atoms in total. The van der Waals surface area contributed by atoms with Crippen LogP contribution in [0.2, 0.25) is 0 Å². The highest BCUT2D eigenvalue weighted by molar-refractivity contribution is 7.89. The minimum Gasteiger partial charge on any atom is -0.322 e. The summed E-state index contributed by atoms with van der Waals surface area (Å²) in [5.41, 5.74) is 3.85. The molecule has 0 saturated heterocycles. The van der Waals surface area contributed by atoms with Crippen LogP contribution in [-0.2, 0) is 10.0 Å². The van der Waals surface area contributed by atoms with Gasteiger partial charge >= 0.3 is 0 Å². The van der Waals surface area contributed by atoms with Gasteiger partial charge in [-0.25, -0.2) is 18.1 Å². The quantitative estimate of drug-likeness (QED) is 0.439. The third kappa shape index (κ3) is 4.56. The summed E-state index contributed by atoms with van der Waals surface area (Å²) in [7, 11) is -3.60. The molecule has 1 amide bonds. The maximum atomic E-state index is 12.6. The molecule has 3 aromatic carbocycles. The van der Waals surface area contributed by atoms with Crippen molar-refractivity contribution in [2.24, 2.45) is 0 Å². The lowest BCUT2D eigenvalue weighted by Gasteiger charge is -2.12. The number of anilines is 1. The van der Waals surface area contributed by atoms with Gasteiger partial charge in [0.2, 0.25) is 10.0 Å². The van der Waals surface area contributed by atoms with Crippen LogP contribution >= 0.6 is 0 Å². The van der Waals surface area contributed by atoms with Crippen LogP contribution in [0.3, 0.4) is 0 Å². The summed E-state index contributed by atoms with van der Waals surface area (Å²) in [6.07, 6.45) is 2.46. The molecular formula is C24H24N4O3S. The fourth-order valence-electron chi connectivity index (χ4n) is 3.28. The number of carbonyl (C=O) groups is 1. The molecule has 0 spiro atoms. The van der Waals surface area contributed by atoms with Crippen molar-refractivity contribution in [3.8, 4) is 5.69 Å². The molecule has 0 aliphatic rings. The molecule has 0 aliphatic carbocycles. The molecule has 164 valence electrons. The Morgan fingerprint density at radius 3 is 2.38 bits per heavy atom. The predicted octanol–water partition coefficient (Wildman–Crippen LogP) is 4.35. The topological polar surface area (TPSA) is 93.1 Å². The van der Waals surface area contributed by atoms with Crippen molar-refractivity contribution in [2.45, 2.75) is 31.2 Å². The Hall–Kier alpha value is -3.49. The minimum atomic E-state index is -3.60. The standard InChI is InChI=1S/C24H24N4O3S/c1-3-17(2)27-32(30,31)21-14-8-18(9-15-21)24(29)26-19-10-12-20(13-11-19)28-16-25-22-6-4-5-7-23(22)28/h4-17,27H,3H2,1-2H3,(H,26,29). The summed E-state index contributed by atoms with van der Waals surface area (Å²) in [6, 6.07) is 21.0. The van der Waals surface area contributed by atoms with Gasteiger partial charge in [-0.1, -0.05) is 19.1 Å². The fraction of sp³-hybridized carbons (Fsp3) is 0.167. The van der Waals surface area contributed by atoms with Crippen molar-refractivity contribution in [3.63, 3.8) is 0 Å². The molecule has 1 aromatic heterocycles. The molecular weight excluding hydrogens is 424 g/mol. The number of benzene rings is 3. The number of amides is 1. The normalized spacial score (nSPS) is 12.6. The second-order valence-corrected chi connectivity index (χ2v) is 9.27. The third-order valence-corrected chi connectivity index (χ3v) is 6.86. The zero-order valence-corrected chi connectivity index (χ0v) is 18.6. The van der Waals surface area contributed by atoms with Crippen molar-refractivity contribution in [1.29, 1.82) is 0 Å². The van der Waals surface area contributed by atoms with E-state index in [2.05, 4.69) is 15.0 Å². The lowest BCUT2D eigenvalue weighted by molar-refractivity contribution is 0.102. The second-order valence-electron chi connectivity index (χ2n) is 7.56. The van der Waals surface area contributed by atoms with E-state index in [1.54, 1.807) is 13.3 Å². The number of nitrogens with zero attached hydrogens (tertiary/aromatic N) is 2. The summed E-state index contributed by atoms with van der Waals surface area (Å²) in [5, 5.41) is 2.84. The molecule has 4 aromatic rings. The van der Waals surface area contributed by atoms with E-state index in [1.165, 1.54) is 24.3 Å². The van der Waals surface area contributed by atoms with Gasteiger partial charge in [-0.3, -0.25) is 9.36 Å². The van der Waals surface area contributed by atoms with Crippen LogP contribution in [0.25, 0.3) is 16.7 Å². The number of hydrogen-bond acceptors (Lipinski definition) is 4. The Morgan fingerprint density at radius 1 is 1.00 bits per heavy atom. The van der Waals surface area contributed by atoms with Crippen LogP contribution in [0.1, 0.15) is 30.6 Å². The minimum absolute atomic E-state index is 0.131. The highest BCUT2D eigenvalue weighted by Crippen LogP contribution is 2.20. The van der Waals surface area contributed by atoms with Gasteiger partial charge in [0.15, 0.2) is 0 Å². The SMILES string of the molecule is CCC(C)NS(=O)(=O)c1ccc(C(=O)Nc2ccc(-n3cnc4ccccc43)cc2)cc1. The van der Waals surface area contributed by atoms with E-state index in [-0.39, 0.29) is 16.8 Å². The molecule has 0 saturated carbocycles. The van der Waals surface area contributed by atoms with E-state index in [9.17, 15) is 13.2 Å². The van der Waals surface area contributed by atoms with Gasteiger partial charge in [0.1, 0.15) is 6.33 Å². The van der Waals surface area contributed by atoms with Crippen LogP contribution < -0.4 is 10.0 Å². The number of para-hydroxylation sites is 2. The van der Waals surface area contributed by atoms with Crippen molar-refractivity contribution in [2.75, 3.05) is 5.32 Å². The van der Waals surface area contributed by atoms with E-state index in [0.29, 0.717) is 17.7 Å². The smallest absolute Gasteiger partial charge is 0.255 e. The van der Waals surface area contributed by atoms with Gasteiger partial charge in [-0.2, -0.15) is 0 Å². The van der Waals surface area contributed by atoms with E-state index in [1.807, 2.05) is 60.0 Å². The molecule has 0 aliphatic heterocycles. The van der Waals surface area contributed by atoms with Gasteiger partial charge < -0.3 is 5.32 Å². The maximum Gasteiger partial charge on any atom is 0.255 e. The third-order valence-electron chi connectivity index (χ3n) is 5.25. The second kappa shape index (κ2) is 8.94. The van der Waals surface area contributed by atoms with Crippen LogP contribution in [0, 0.1) is 0 Å². The summed E-state index contributed by atoms with van der Waals surface area (Å²) >= 11 is 0. The highest BCUT2D eigenvalue weighted by atomic mass is 32.2. The zero-order valence-electron chi connectivity index (χ0n) is 17.8. The lowest BCUT2D eigenvalue weighted by Crippen LogP contribution is -2.32. The first-order valence-electron chi connectivity index (χ1n) is 10.3. The first-order valence-corrected chi connectivity index (χ1v) is 11.8. The summed E-state index contributed by atoms with van der Waals surface area (Å²) in [5.74, 6) is -0.315. The number of imidazole rings is 1. The Morgan fingerprint density at radius 2 is 1.69 bits per heavy atom. The first kappa shape index (κ1) is 21.7. The molecule has 1 atom stereocenters. The van der Waals surface area contributed by atoms with E-state index >= 15 is 0 Å². The van der Waals surface area contributed by atoms with Gasteiger partial charge in [0, 0.05) is 23.0 Å². The van der Waals surface area contributed by atoms with Gasteiger partial charge in [0.25, 0.3) is 5.91 Å². The molecule has 4 rings (SSSR count). The van der Waals surface area contributed by atoms with Gasteiger partial charge in [0.05, 0.1) is 15.9 Å². The molecule has 0 fully saturated rings. The Labute approximate surface area is 187 Å². The van der Waals surface area contributed by atoms with Crippen molar-refractivity contribution >= 4 is 32.7 Å². The average Bonchev–Trinajstić information content (AvgIpc) is 3.23. The van der Waals surface area contributed by atoms with E-state index in [4.69, 9.17) is 0 Å². The van der Waals surface area contributed by atoms with E-state index in [0.717, 1.165) is 16.7 Å². The number of sulfonamides is 1. The lowest BCUT2D eigenvalue weighted by atomic mass is 10.2. The molecule has 1 unspecified atom stereocenters. The van der Waals surface area contributed by atoms with Gasteiger partial charge in [-0.15, -0.1) is 0 Å². The number of fused-ring (bicyclic) bond motifs is 1. The number of hydrogen-bond donors (Lipinski definition) is 2. The highest BCUT2D eigenvalue weighted by Gasteiger charge is 2.17. The summed E-state index contributed by atoms with van der Waals surface area (Å²) in [6.45, 7) is 3.71. The van der Waals surface area contributed by atoms with Crippen LogP contribution in [-0.4, -0.2) is 29.9 Å². The average molecular weight is 449 g/mol. The van der Waals surface area contributed by atoms with Gasteiger partial charge in [-0.05, 0) is 74.0 Å². The van der Waals surface area contributed by atoms with Crippen LogP contribution in [0.15, 0.2) is 84.0 Å². The summed E-state index contributed by atoms with van der Waals surface area (Å²) < 4.78 is 29.3. The zero-order chi connectivity index (χ0) is 22.7. The van der Waals surface area contributed by atoms with Crippen molar-refractivity contribution in [1.82, 2.24) is 14.3 Å². The van der Waals surface area contributed by atoms with Crippen LogP contribution in [0.4, 0.5) is 5.69 Å². The predicted molar refractivity (Wildman–Crippen MR) is 126 cm³/mol. The van der Waals surface area contributed by atoms with E-state index < -0.39 is 10.0 Å². The maximum absolute atomic E-state index is 12.6. The molecule has 0 bridgehead atoms. The monoisotopic (exact) mass is 448 g/mol. The Kier molecular flexibility index (Phi) is 6.07. The Balaban J connectivity index is 1.46. The molecule has 2 N–H and O–H groups in total. The number of carbonyl (C=O) groups excluding carboxylic acids is 1. The molecule has 0 radical (unpaired) electrons. The largest absolute Gasteiger partial charge is 0.322 e. The number of nitrogens with one attached hydrogen (secondary N) is 2. The van der Waals surface area contributed by atoms with Crippen LogP contribution in [0.5, 0.6) is 0 Å².